The number of benzene rings is 1. The van der Waals surface area contributed by atoms with Gasteiger partial charge in [-0.05, 0) is 25.3 Å². The van der Waals surface area contributed by atoms with Crippen LogP contribution in [-0.4, -0.2) is 17.5 Å². The van der Waals surface area contributed by atoms with Crippen LogP contribution in [0, 0.1) is 16.0 Å². The minimum atomic E-state index is -0.394. The van der Waals surface area contributed by atoms with E-state index in [0.29, 0.717) is 17.6 Å². The van der Waals surface area contributed by atoms with Crippen molar-refractivity contribution < 1.29 is 4.92 Å². The molecular weight excluding hydrogens is 232 g/mol. The quantitative estimate of drug-likeness (QED) is 0.487. The zero-order valence-corrected chi connectivity index (χ0v) is 10.6. The van der Waals surface area contributed by atoms with Crippen molar-refractivity contribution in [1.82, 2.24) is 0 Å². The molecule has 0 amide bonds. The molecule has 1 heterocycles. The second-order valence-electron chi connectivity index (χ2n) is 4.98. The van der Waals surface area contributed by atoms with Gasteiger partial charge in [0.1, 0.15) is 0 Å². The molecule has 3 N–H and O–H groups in total. The molecule has 1 saturated heterocycles. The first-order valence-corrected chi connectivity index (χ1v) is 6.04. The van der Waals surface area contributed by atoms with Gasteiger partial charge in [0.25, 0.3) is 5.69 Å². The van der Waals surface area contributed by atoms with E-state index in [1.165, 1.54) is 6.07 Å². The van der Waals surface area contributed by atoms with Gasteiger partial charge in [0.05, 0.1) is 10.6 Å². The molecule has 0 aliphatic carbocycles. The van der Waals surface area contributed by atoms with Crippen LogP contribution in [0.2, 0.25) is 0 Å². The molecule has 1 aliphatic heterocycles. The summed E-state index contributed by atoms with van der Waals surface area (Å²) in [5.41, 5.74) is 3.96. The number of nitrogens with two attached hydrogens (primary N) is 1. The Kier molecular flexibility index (Phi) is 3.38. The molecule has 1 fully saturated rings. The van der Waals surface area contributed by atoms with Gasteiger partial charge >= 0.3 is 0 Å². The molecule has 0 aromatic heterocycles. The van der Waals surface area contributed by atoms with Crippen molar-refractivity contribution in [1.29, 1.82) is 0 Å². The Bertz CT molecular complexity index is 463. The second-order valence-corrected chi connectivity index (χ2v) is 4.98. The van der Waals surface area contributed by atoms with Gasteiger partial charge in [-0.3, -0.25) is 16.0 Å². The van der Waals surface area contributed by atoms with Crippen LogP contribution in [0.15, 0.2) is 18.2 Å². The van der Waals surface area contributed by atoms with Crippen LogP contribution in [-0.2, 0) is 0 Å². The number of nitrogens with zero attached hydrogens (tertiary/aromatic N) is 2. The molecule has 0 spiro atoms. The van der Waals surface area contributed by atoms with Crippen molar-refractivity contribution in [3.05, 3.63) is 28.3 Å². The second kappa shape index (κ2) is 4.81. The molecule has 2 unspecified atom stereocenters. The molecule has 6 nitrogen and oxygen atoms in total. The van der Waals surface area contributed by atoms with E-state index in [1.54, 1.807) is 6.07 Å². The maximum Gasteiger partial charge on any atom is 0.273 e. The largest absolute Gasteiger partial charge is 0.368 e. The van der Waals surface area contributed by atoms with Gasteiger partial charge in [0.15, 0.2) is 0 Å². The van der Waals surface area contributed by atoms with Crippen molar-refractivity contribution in [2.24, 2.45) is 11.8 Å². The van der Waals surface area contributed by atoms with Crippen molar-refractivity contribution in [2.45, 2.75) is 26.3 Å². The molecule has 0 bridgehead atoms. The van der Waals surface area contributed by atoms with Gasteiger partial charge in [0, 0.05) is 30.4 Å². The van der Waals surface area contributed by atoms with E-state index in [4.69, 9.17) is 5.84 Å². The number of nitro groups is 1. The van der Waals surface area contributed by atoms with E-state index in [2.05, 4.69) is 24.2 Å². The lowest BCUT2D eigenvalue weighted by Crippen LogP contribution is -2.26. The van der Waals surface area contributed by atoms with Crippen LogP contribution in [0.25, 0.3) is 0 Å². The van der Waals surface area contributed by atoms with E-state index >= 15 is 0 Å². The fourth-order valence-corrected chi connectivity index (χ4v) is 2.61. The zero-order chi connectivity index (χ0) is 13.3. The average molecular weight is 250 g/mol. The lowest BCUT2D eigenvalue weighted by molar-refractivity contribution is -0.384. The normalized spacial score (nSPS) is 23.2. The van der Waals surface area contributed by atoms with Crippen LogP contribution in [0.1, 0.15) is 20.3 Å². The highest BCUT2D eigenvalue weighted by atomic mass is 16.6. The van der Waals surface area contributed by atoms with E-state index in [0.717, 1.165) is 18.7 Å². The summed E-state index contributed by atoms with van der Waals surface area (Å²) in [6, 6.07) is 5.29. The van der Waals surface area contributed by atoms with Gasteiger partial charge in [0.2, 0.25) is 0 Å². The molecule has 1 aromatic carbocycles. The third kappa shape index (κ3) is 2.38. The maximum atomic E-state index is 10.9. The smallest absolute Gasteiger partial charge is 0.273 e. The standard InChI is InChI=1S/C12H18N4O2/c1-8-3-9(2)15(7-8)11-4-10(14-13)5-12(6-11)16(17)18/h4-6,8-9,14H,3,7,13H2,1-2H3. The molecule has 0 radical (unpaired) electrons. The lowest BCUT2D eigenvalue weighted by atomic mass is 10.1. The van der Waals surface area contributed by atoms with E-state index in [9.17, 15) is 10.1 Å². The molecule has 6 heteroatoms. The predicted molar refractivity (Wildman–Crippen MR) is 71.5 cm³/mol. The van der Waals surface area contributed by atoms with Gasteiger partial charge < -0.3 is 10.3 Å². The van der Waals surface area contributed by atoms with E-state index < -0.39 is 4.92 Å². The molecule has 1 aliphatic rings. The first-order valence-electron chi connectivity index (χ1n) is 6.04. The van der Waals surface area contributed by atoms with Crippen LogP contribution >= 0.6 is 0 Å². The summed E-state index contributed by atoms with van der Waals surface area (Å²) < 4.78 is 0. The highest BCUT2D eigenvalue weighted by molar-refractivity contribution is 5.64. The average Bonchev–Trinajstić information content (AvgIpc) is 2.67. The third-order valence-electron chi connectivity index (χ3n) is 3.40. The van der Waals surface area contributed by atoms with Crippen molar-refractivity contribution in [3.8, 4) is 0 Å². The number of nitrogen functional groups attached to an aromatic ring is 1. The Morgan fingerprint density at radius 2 is 2.17 bits per heavy atom. The number of nitrogens with one attached hydrogen (secondary N) is 1. The monoisotopic (exact) mass is 250 g/mol. The van der Waals surface area contributed by atoms with Crippen molar-refractivity contribution >= 4 is 17.1 Å². The topological polar surface area (TPSA) is 84.4 Å². The Labute approximate surface area is 106 Å². The lowest BCUT2D eigenvalue weighted by Gasteiger charge is -2.24. The molecule has 0 saturated carbocycles. The van der Waals surface area contributed by atoms with Crippen LogP contribution in [0.3, 0.4) is 0 Å². The number of nitro benzene ring substituents is 1. The molecule has 2 rings (SSSR count). The first kappa shape index (κ1) is 12.6. The number of hydrazine groups is 1. The number of hydrogen-bond acceptors (Lipinski definition) is 5. The molecule has 2 atom stereocenters. The molecule has 98 valence electrons. The summed E-state index contributed by atoms with van der Waals surface area (Å²) in [4.78, 5) is 12.7. The Hall–Kier alpha value is -1.82. The van der Waals surface area contributed by atoms with Gasteiger partial charge in [-0.25, -0.2) is 0 Å². The van der Waals surface area contributed by atoms with E-state index in [-0.39, 0.29) is 5.69 Å². The number of anilines is 2. The van der Waals surface area contributed by atoms with E-state index in [1.807, 2.05) is 6.07 Å². The summed E-state index contributed by atoms with van der Waals surface area (Å²) in [5.74, 6) is 5.96. The summed E-state index contributed by atoms with van der Waals surface area (Å²) in [6.07, 6.45) is 1.11. The number of hydrogen-bond donors (Lipinski definition) is 2. The molecular formula is C12H18N4O2. The van der Waals surface area contributed by atoms with Gasteiger partial charge in [-0.15, -0.1) is 0 Å². The van der Waals surface area contributed by atoms with Gasteiger partial charge in [-0.2, -0.15) is 0 Å². The summed E-state index contributed by atoms with van der Waals surface area (Å²) >= 11 is 0. The van der Waals surface area contributed by atoms with Crippen molar-refractivity contribution in [2.75, 3.05) is 16.9 Å². The summed E-state index contributed by atoms with van der Waals surface area (Å²) in [5, 5.41) is 10.9. The minimum absolute atomic E-state index is 0.0622. The maximum absolute atomic E-state index is 10.9. The number of rotatable bonds is 3. The predicted octanol–water partition coefficient (Wildman–Crippen LogP) is 2.12. The Balaban J connectivity index is 2.37. The first-order chi connectivity index (χ1) is 8.51. The fraction of sp³-hybridized carbons (Fsp3) is 0.500. The Morgan fingerprint density at radius 1 is 1.44 bits per heavy atom. The summed E-state index contributed by atoms with van der Waals surface area (Å²) in [7, 11) is 0. The van der Waals surface area contributed by atoms with Crippen LogP contribution < -0.4 is 16.2 Å². The third-order valence-corrected chi connectivity index (χ3v) is 3.40. The van der Waals surface area contributed by atoms with Gasteiger partial charge in [-0.1, -0.05) is 6.92 Å². The molecule has 18 heavy (non-hydrogen) atoms. The number of non-ortho nitro benzene ring substituents is 1. The molecule has 1 aromatic rings. The SMILES string of the molecule is CC1CC(C)N(c2cc(NN)cc([N+](=O)[O-])c2)C1. The summed E-state index contributed by atoms with van der Waals surface area (Å²) in [6.45, 7) is 5.25. The highest BCUT2D eigenvalue weighted by Crippen LogP contribution is 2.33. The Morgan fingerprint density at radius 3 is 2.67 bits per heavy atom. The van der Waals surface area contributed by atoms with Crippen LogP contribution in [0.5, 0.6) is 0 Å². The zero-order valence-electron chi connectivity index (χ0n) is 10.6. The van der Waals surface area contributed by atoms with Crippen LogP contribution in [0.4, 0.5) is 17.1 Å². The minimum Gasteiger partial charge on any atom is -0.368 e. The fourth-order valence-electron chi connectivity index (χ4n) is 2.61. The highest BCUT2D eigenvalue weighted by Gasteiger charge is 2.27. The van der Waals surface area contributed by atoms with Crippen molar-refractivity contribution in [3.63, 3.8) is 0 Å².